The van der Waals surface area contributed by atoms with Gasteiger partial charge in [-0.05, 0) is 32.9 Å². The van der Waals surface area contributed by atoms with Crippen LogP contribution in [-0.4, -0.2) is 47.2 Å². The van der Waals surface area contributed by atoms with E-state index >= 15 is 0 Å². The van der Waals surface area contributed by atoms with E-state index in [2.05, 4.69) is 15.1 Å². The van der Waals surface area contributed by atoms with Crippen molar-refractivity contribution in [2.24, 2.45) is 0 Å². The standard InChI is InChI=1S/C17H22N4O/c1-12-4-6-15(7-5-12)17(22)21-10-8-20(9-11-21)16-13(2)18-19-14(16)3/h4-7H,8-11H2,1-3H3,(H,18,19). The maximum atomic E-state index is 12.5. The maximum absolute atomic E-state index is 12.5. The van der Waals surface area contributed by atoms with Gasteiger partial charge >= 0.3 is 0 Å². The van der Waals surface area contributed by atoms with Crippen LogP contribution in [0, 0.1) is 20.8 Å². The fourth-order valence-corrected chi connectivity index (χ4v) is 3.02. The largest absolute Gasteiger partial charge is 0.365 e. The Bertz CT molecular complexity index is 647. The third-order valence-corrected chi connectivity index (χ3v) is 4.27. The van der Waals surface area contributed by atoms with Crippen molar-refractivity contribution in [1.82, 2.24) is 15.1 Å². The molecule has 1 aromatic heterocycles. The molecule has 2 aromatic rings. The van der Waals surface area contributed by atoms with Crippen molar-refractivity contribution in [3.05, 3.63) is 46.8 Å². The number of aromatic amines is 1. The van der Waals surface area contributed by atoms with Gasteiger partial charge in [0, 0.05) is 31.7 Å². The van der Waals surface area contributed by atoms with Crippen molar-refractivity contribution in [2.75, 3.05) is 31.1 Å². The minimum atomic E-state index is 0.125. The molecule has 5 nitrogen and oxygen atoms in total. The number of amides is 1. The molecule has 0 atom stereocenters. The van der Waals surface area contributed by atoms with Crippen LogP contribution in [0.25, 0.3) is 0 Å². The van der Waals surface area contributed by atoms with Gasteiger partial charge in [0.25, 0.3) is 5.91 Å². The van der Waals surface area contributed by atoms with Crippen LogP contribution in [0.5, 0.6) is 0 Å². The Morgan fingerprint density at radius 2 is 1.68 bits per heavy atom. The van der Waals surface area contributed by atoms with Gasteiger partial charge in [0.1, 0.15) is 0 Å². The van der Waals surface area contributed by atoms with E-state index < -0.39 is 0 Å². The topological polar surface area (TPSA) is 52.2 Å². The van der Waals surface area contributed by atoms with Gasteiger partial charge in [-0.1, -0.05) is 17.7 Å². The third-order valence-electron chi connectivity index (χ3n) is 4.27. The molecule has 0 unspecified atom stereocenters. The number of H-pyrrole nitrogens is 1. The lowest BCUT2D eigenvalue weighted by molar-refractivity contribution is 0.0747. The molecule has 0 bridgehead atoms. The molecule has 0 spiro atoms. The normalized spacial score (nSPS) is 15.2. The average Bonchev–Trinajstić information content (AvgIpc) is 2.86. The number of hydrogen-bond acceptors (Lipinski definition) is 3. The van der Waals surface area contributed by atoms with Crippen molar-refractivity contribution < 1.29 is 4.79 Å². The number of nitrogens with zero attached hydrogens (tertiary/aromatic N) is 3. The molecule has 116 valence electrons. The molecule has 1 aliphatic heterocycles. The Kier molecular flexibility index (Phi) is 3.88. The van der Waals surface area contributed by atoms with Crippen LogP contribution in [0.3, 0.4) is 0 Å². The molecule has 1 amide bonds. The van der Waals surface area contributed by atoms with Crippen molar-refractivity contribution >= 4 is 11.6 Å². The summed E-state index contributed by atoms with van der Waals surface area (Å²) in [4.78, 5) is 16.8. The van der Waals surface area contributed by atoms with E-state index in [9.17, 15) is 4.79 Å². The van der Waals surface area contributed by atoms with Crippen molar-refractivity contribution in [1.29, 1.82) is 0 Å². The average molecular weight is 298 g/mol. The summed E-state index contributed by atoms with van der Waals surface area (Å²) in [6.45, 7) is 9.27. The van der Waals surface area contributed by atoms with Gasteiger partial charge < -0.3 is 9.80 Å². The summed E-state index contributed by atoms with van der Waals surface area (Å²) in [5.41, 5.74) is 5.25. The molecule has 0 radical (unpaired) electrons. The second kappa shape index (κ2) is 5.83. The Morgan fingerprint density at radius 3 is 2.23 bits per heavy atom. The Balaban J connectivity index is 1.67. The van der Waals surface area contributed by atoms with Crippen LogP contribution in [0.1, 0.15) is 27.3 Å². The highest BCUT2D eigenvalue weighted by Gasteiger charge is 2.24. The van der Waals surface area contributed by atoms with Gasteiger partial charge in [0.2, 0.25) is 0 Å². The first-order valence-electron chi connectivity index (χ1n) is 7.68. The second-order valence-corrected chi connectivity index (χ2v) is 5.93. The lowest BCUT2D eigenvalue weighted by atomic mass is 10.1. The van der Waals surface area contributed by atoms with Gasteiger partial charge in [0.15, 0.2) is 0 Å². The first-order valence-corrected chi connectivity index (χ1v) is 7.68. The number of piperazine rings is 1. The molecule has 1 fully saturated rings. The predicted octanol–water partition coefficient (Wildman–Crippen LogP) is 2.30. The van der Waals surface area contributed by atoms with Gasteiger partial charge in [-0.15, -0.1) is 0 Å². The van der Waals surface area contributed by atoms with Gasteiger partial charge in [-0.25, -0.2) is 0 Å². The molecular weight excluding hydrogens is 276 g/mol. The van der Waals surface area contributed by atoms with E-state index in [0.717, 1.165) is 43.1 Å². The number of nitrogens with one attached hydrogen (secondary N) is 1. The smallest absolute Gasteiger partial charge is 0.253 e. The monoisotopic (exact) mass is 298 g/mol. The number of benzene rings is 1. The number of aryl methyl sites for hydroxylation is 3. The number of rotatable bonds is 2. The first-order chi connectivity index (χ1) is 10.6. The third kappa shape index (κ3) is 2.71. The van der Waals surface area contributed by atoms with Gasteiger partial charge in [-0.2, -0.15) is 5.10 Å². The van der Waals surface area contributed by atoms with Crippen LogP contribution in [0.15, 0.2) is 24.3 Å². The Labute approximate surface area is 130 Å². The number of carbonyl (C=O) groups excluding carboxylic acids is 1. The number of aromatic nitrogens is 2. The molecule has 0 saturated carbocycles. The summed E-state index contributed by atoms with van der Waals surface area (Å²) in [6, 6.07) is 7.80. The van der Waals surface area contributed by atoms with E-state index in [-0.39, 0.29) is 5.91 Å². The zero-order valence-electron chi connectivity index (χ0n) is 13.4. The zero-order valence-corrected chi connectivity index (χ0v) is 13.4. The fourth-order valence-electron chi connectivity index (χ4n) is 3.02. The quantitative estimate of drug-likeness (QED) is 0.925. The van der Waals surface area contributed by atoms with Crippen molar-refractivity contribution in [3.8, 4) is 0 Å². The van der Waals surface area contributed by atoms with Crippen LogP contribution in [0.4, 0.5) is 5.69 Å². The second-order valence-electron chi connectivity index (χ2n) is 5.93. The van der Waals surface area contributed by atoms with Crippen molar-refractivity contribution in [2.45, 2.75) is 20.8 Å². The molecule has 1 N–H and O–H groups in total. The van der Waals surface area contributed by atoms with Crippen molar-refractivity contribution in [3.63, 3.8) is 0 Å². The molecule has 1 saturated heterocycles. The molecular formula is C17H22N4O. The first kappa shape index (κ1) is 14.6. The lowest BCUT2D eigenvalue weighted by Crippen LogP contribution is -2.49. The van der Waals surface area contributed by atoms with Crippen LogP contribution in [-0.2, 0) is 0 Å². The molecule has 2 heterocycles. The van der Waals surface area contributed by atoms with Crippen LogP contribution < -0.4 is 4.90 Å². The molecule has 0 aliphatic carbocycles. The summed E-state index contributed by atoms with van der Waals surface area (Å²) >= 11 is 0. The Hall–Kier alpha value is -2.30. The minimum Gasteiger partial charge on any atom is -0.365 e. The molecule has 1 aliphatic rings. The minimum absolute atomic E-state index is 0.125. The van der Waals surface area contributed by atoms with E-state index in [1.54, 1.807) is 0 Å². The van der Waals surface area contributed by atoms with Crippen LogP contribution >= 0.6 is 0 Å². The van der Waals surface area contributed by atoms with Gasteiger partial charge in [-0.3, -0.25) is 9.89 Å². The summed E-state index contributed by atoms with van der Waals surface area (Å²) in [5, 5.41) is 7.28. The number of hydrogen-bond donors (Lipinski definition) is 1. The van der Waals surface area contributed by atoms with E-state index in [4.69, 9.17) is 0 Å². The molecule has 5 heteroatoms. The lowest BCUT2D eigenvalue weighted by Gasteiger charge is -2.36. The number of anilines is 1. The zero-order chi connectivity index (χ0) is 15.7. The molecule has 1 aromatic carbocycles. The summed E-state index contributed by atoms with van der Waals surface area (Å²) in [6.07, 6.45) is 0. The maximum Gasteiger partial charge on any atom is 0.253 e. The molecule has 22 heavy (non-hydrogen) atoms. The highest BCUT2D eigenvalue weighted by molar-refractivity contribution is 5.94. The van der Waals surface area contributed by atoms with Crippen LogP contribution in [0.2, 0.25) is 0 Å². The van der Waals surface area contributed by atoms with E-state index in [1.165, 1.54) is 11.3 Å². The fraction of sp³-hybridized carbons (Fsp3) is 0.412. The highest BCUT2D eigenvalue weighted by Crippen LogP contribution is 2.23. The summed E-state index contributed by atoms with van der Waals surface area (Å²) in [7, 11) is 0. The number of carbonyl (C=O) groups is 1. The highest BCUT2D eigenvalue weighted by atomic mass is 16.2. The van der Waals surface area contributed by atoms with E-state index in [0.29, 0.717) is 0 Å². The Morgan fingerprint density at radius 1 is 1.05 bits per heavy atom. The van der Waals surface area contributed by atoms with E-state index in [1.807, 2.05) is 49.9 Å². The SMILES string of the molecule is Cc1ccc(C(=O)N2CCN(c3c(C)n[nH]c3C)CC2)cc1. The predicted molar refractivity (Wildman–Crippen MR) is 87.4 cm³/mol. The summed E-state index contributed by atoms with van der Waals surface area (Å²) in [5.74, 6) is 0.125. The summed E-state index contributed by atoms with van der Waals surface area (Å²) < 4.78 is 0. The van der Waals surface area contributed by atoms with Gasteiger partial charge in [0.05, 0.1) is 17.1 Å². The molecule has 3 rings (SSSR count).